The molecule has 0 aromatic heterocycles. The van der Waals surface area contributed by atoms with Crippen LogP contribution in [0.3, 0.4) is 0 Å². The highest BCUT2D eigenvalue weighted by atomic mass is 35.5. The molecule has 126 valence electrons. The van der Waals surface area contributed by atoms with Crippen LogP contribution in [0.1, 0.15) is 36.8 Å². The van der Waals surface area contributed by atoms with E-state index < -0.39 is 15.8 Å². The number of benzene rings is 1. The molecule has 2 unspecified atom stereocenters. The van der Waals surface area contributed by atoms with Crippen LogP contribution in [0, 0.1) is 25.6 Å². The van der Waals surface area contributed by atoms with Crippen LogP contribution >= 0.6 is 12.4 Å². The Hall–Kier alpha value is -0.690. The van der Waals surface area contributed by atoms with Crippen LogP contribution in [0.5, 0.6) is 0 Å². The lowest BCUT2D eigenvalue weighted by molar-refractivity contribution is 0.322. The summed E-state index contributed by atoms with van der Waals surface area (Å²) in [6.45, 7) is 3.62. The van der Waals surface area contributed by atoms with Gasteiger partial charge in [-0.25, -0.2) is 17.5 Å². The van der Waals surface area contributed by atoms with E-state index in [0.29, 0.717) is 17.7 Å². The van der Waals surface area contributed by atoms with Gasteiger partial charge in [0.15, 0.2) is 0 Å². The third kappa shape index (κ3) is 4.65. The van der Waals surface area contributed by atoms with Crippen LogP contribution in [0.2, 0.25) is 0 Å². The van der Waals surface area contributed by atoms with E-state index in [1.807, 2.05) is 0 Å². The van der Waals surface area contributed by atoms with E-state index in [4.69, 9.17) is 5.73 Å². The molecular formula is C15H24ClFN2O2S. The molecule has 1 saturated carbocycles. The van der Waals surface area contributed by atoms with Crippen molar-refractivity contribution in [3.05, 3.63) is 29.1 Å². The van der Waals surface area contributed by atoms with Gasteiger partial charge in [0.25, 0.3) is 0 Å². The van der Waals surface area contributed by atoms with Gasteiger partial charge < -0.3 is 5.73 Å². The zero-order chi connectivity index (χ0) is 15.6. The second kappa shape index (κ2) is 7.73. The normalized spacial score (nSPS) is 22.2. The molecule has 0 saturated heterocycles. The maximum Gasteiger partial charge on any atom is 0.241 e. The molecule has 0 spiro atoms. The Morgan fingerprint density at radius 3 is 2.41 bits per heavy atom. The van der Waals surface area contributed by atoms with E-state index in [1.54, 1.807) is 13.8 Å². The van der Waals surface area contributed by atoms with Crippen molar-refractivity contribution in [3.8, 4) is 0 Å². The summed E-state index contributed by atoms with van der Waals surface area (Å²) in [5, 5.41) is 0. The van der Waals surface area contributed by atoms with E-state index in [9.17, 15) is 12.8 Å². The molecule has 0 bridgehead atoms. The van der Waals surface area contributed by atoms with E-state index in [1.165, 1.54) is 12.1 Å². The van der Waals surface area contributed by atoms with Crippen LogP contribution in [0.25, 0.3) is 0 Å². The summed E-state index contributed by atoms with van der Waals surface area (Å²) in [6, 6.07) is 2.67. The lowest BCUT2D eigenvalue weighted by atomic mass is 9.86. The molecule has 0 radical (unpaired) electrons. The van der Waals surface area contributed by atoms with Crippen molar-refractivity contribution in [2.45, 2.75) is 50.5 Å². The van der Waals surface area contributed by atoms with Gasteiger partial charge in [0.1, 0.15) is 5.82 Å². The lowest BCUT2D eigenvalue weighted by Crippen LogP contribution is -2.36. The van der Waals surface area contributed by atoms with Crippen LogP contribution in [-0.4, -0.2) is 21.0 Å². The van der Waals surface area contributed by atoms with Gasteiger partial charge in [0.05, 0.1) is 4.90 Å². The van der Waals surface area contributed by atoms with Crippen LogP contribution in [0.4, 0.5) is 4.39 Å². The van der Waals surface area contributed by atoms with Gasteiger partial charge >= 0.3 is 0 Å². The number of sulfonamides is 1. The minimum Gasteiger partial charge on any atom is -0.328 e. The summed E-state index contributed by atoms with van der Waals surface area (Å²) in [7, 11) is -3.61. The number of nitrogens with two attached hydrogens (primary N) is 1. The van der Waals surface area contributed by atoms with Crippen molar-refractivity contribution in [1.82, 2.24) is 4.72 Å². The molecule has 4 nitrogen and oxygen atoms in total. The summed E-state index contributed by atoms with van der Waals surface area (Å²) in [4.78, 5) is 0.184. The second-order valence-electron chi connectivity index (χ2n) is 6.01. The number of rotatable bonds is 4. The predicted octanol–water partition coefficient (Wildman–Crippen LogP) is 2.66. The molecule has 0 aliphatic heterocycles. The van der Waals surface area contributed by atoms with Crippen LogP contribution < -0.4 is 10.5 Å². The molecular weight excluding hydrogens is 327 g/mol. The molecule has 3 N–H and O–H groups in total. The molecule has 1 fully saturated rings. The predicted molar refractivity (Wildman–Crippen MR) is 88.2 cm³/mol. The largest absolute Gasteiger partial charge is 0.328 e. The fraction of sp³-hybridized carbons (Fsp3) is 0.600. The molecule has 22 heavy (non-hydrogen) atoms. The molecule has 1 aliphatic carbocycles. The van der Waals surface area contributed by atoms with Crippen molar-refractivity contribution >= 4 is 22.4 Å². The Bertz CT molecular complexity index is 599. The van der Waals surface area contributed by atoms with E-state index in [2.05, 4.69) is 4.72 Å². The highest BCUT2D eigenvalue weighted by Crippen LogP contribution is 2.24. The van der Waals surface area contributed by atoms with Gasteiger partial charge in [0, 0.05) is 12.6 Å². The van der Waals surface area contributed by atoms with E-state index in [-0.39, 0.29) is 29.3 Å². The van der Waals surface area contributed by atoms with Crippen molar-refractivity contribution in [2.75, 3.05) is 6.54 Å². The van der Waals surface area contributed by atoms with Crippen LogP contribution in [-0.2, 0) is 10.0 Å². The topological polar surface area (TPSA) is 72.2 Å². The number of aryl methyl sites for hydroxylation is 2. The molecule has 1 aromatic rings. The van der Waals surface area contributed by atoms with Gasteiger partial charge in [-0.1, -0.05) is 6.42 Å². The molecule has 0 heterocycles. The lowest BCUT2D eigenvalue weighted by Gasteiger charge is -2.26. The summed E-state index contributed by atoms with van der Waals surface area (Å²) in [5.74, 6) is -0.133. The second-order valence-corrected chi connectivity index (χ2v) is 7.72. The van der Waals surface area contributed by atoms with Crippen LogP contribution in [0.15, 0.2) is 17.0 Å². The summed E-state index contributed by atoms with van der Waals surface area (Å²) >= 11 is 0. The number of nitrogens with one attached hydrogen (secondary N) is 1. The zero-order valence-corrected chi connectivity index (χ0v) is 14.6. The van der Waals surface area contributed by atoms with Crippen molar-refractivity contribution in [3.63, 3.8) is 0 Å². The highest BCUT2D eigenvalue weighted by molar-refractivity contribution is 7.89. The van der Waals surface area contributed by atoms with E-state index >= 15 is 0 Å². The van der Waals surface area contributed by atoms with Crippen molar-refractivity contribution < 1.29 is 12.8 Å². The minimum atomic E-state index is -3.61. The molecule has 1 aliphatic rings. The van der Waals surface area contributed by atoms with Gasteiger partial charge in [-0.15, -0.1) is 12.4 Å². The summed E-state index contributed by atoms with van der Waals surface area (Å²) in [5.41, 5.74) is 6.78. The molecule has 1 aromatic carbocycles. The average molecular weight is 351 g/mol. The summed E-state index contributed by atoms with van der Waals surface area (Å²) in [6.07, 6.45) is 3.91. The Morgan fingerprint density at radius 1 is 1.27 bits per heavy atom. The van der Waals surface area contributed by atoms with Crippen molar-refractivity contribution in [1.29, 1.82) is 0 Å². The maximum atomic E-state index is 13.3. The highest BCUT2D eigenvalue weighted by Gasteiger charge is 2.24. The molecule has 2 atom stereocenters. The number of hydrogen-bond donors (Lipinski definition) is 2. The quantitative estimate of drug-likeness (QED) is 0.876. The first-order valence-electron chi connectivity index (χ1n) is 7.31. The average Bonchev–Trinajstić information content (AvgIpc) is 2.35. The van der Waals surface area contributed by atoms with Crippen molar-refractivity contribution in [2.24, 2.45) is 11.7 Å². The standard InChI is InChI=1S/C15H23FN2O2S.ClH/c1-10-6-13(16)7-11(2)15(10)21(19,20)18-9-12-4-3-5-14(17)8-12;/h6-7,12,14,18H,3-5,8-9,17H2,1-2H3;1H. The third-order valence-electron chi connectivity index (χ3n) is 4.08. The third-order valence-corrected chi connectivity index (χ3v) is 5.81. The number of halogens is 2. The molecule has 0 amide bonds. The first kappa shape index (κ1) is 19.4. The Balaban J connectivity index is 0.00000242. The molecule has 2 rings (SSSR count). The van der Waals surface area contributed by atoms with Gasteiger partial charge in [-0.2, -0.15) is 0 Å². The smallest absolute Gasteiger partial charge is 0.241 e. The van der Waals surface area contributed by atoms with Gasteiger partial charge in [-0.05, 0) is 62.3 Å². The molecule has 7 heteroatoms. The minimum absolute atomic E-state index is 0. The monoisotopic (exact) mass is 350 g/mol. The van der Waals surface area contributed by atoms with Gasteiger partial charge in [-0.3, -0.25) is 0 Å². The Kier molecular flexibility index (Phi) is 6.80. The fourth-order valence-electron chi connectivity index (χ4n) is 3.14. The Morgan fingerprint density at radius 2 is 1.86 bits per heavy atom. The zero-order valence-electron chi connectivity index (χ0n) is 12.9. The van der Waals surface area contributed by atoms with Gasteiger partial charge in [0.2, 0.25) is 10.0 Å². The first-order chi connectivity index (χ1) is 9.79. The SMILES string of the molecule is Cc1cc(F)cc(C)c1S(=O)(=O)NCC1CCCC(N)C1.Cl. The summed E-state index contributed by atoms with van der Waals surface area (Å²) < 4.78 is 40.8. The first-order valence-corrected chi connectivity index (χ1v) is 8.80. The maximum absolute atomic E-state index is 13.3. The number of hydrogen-bond acceptors (Lipinski definition) is 3. The Labute approximate surface area is 138 Å². The van der Waals surface area contributed by atoms with E-state index in [0.717, 1.165) is 25.7 Å². The fourth-order valence-corrected chi connectivity index (χ4v) is 4.70.